The second-order valence-corrected chi connectivity index (χ2v) is 3.89. The first-order chi connectivity index (χ1) is 7.17. The normalized spacial score (nSPS) is 12.8. The summed E-state index contributed by atoms with van der Waals surface area (Å²) >= 11 is 0. The summed E-state index contributed by atoms with van der Waals surface area (Å²) in [5.41, 5.74) is 7.59. The van der Waals surface area contributed by atoms with E-state index < -0.39 is 0 Å². The Kier molecular flexibility index (Phi) is 4.72. The molecule has 0 saturated carbocycles. The smallest absolute Gasteiger partial charge is 0.123 e. The SMILES string of the molecule is COCc1ccc(F)cc1CC(C)CN. The van der Waals surface area contributed by atoms with Gasteiger partial charge in [0, 0.05) is 7.11 Å². The van der Waals surface area contributed by atoms with Gasteiger partial charge < -0.3 is 10.5 Å². The van der Waals surface area contributed by atoms with Gasteiger partial charge in [-0.1, -0.05) is 13.0 Å². The van der Waals surface area contributed by atoms with Gasteiger partial charge in [0.05, 0.1) is 6.61 Å². The fourth-order valence-corrected chi connectivity index (χ4v) is 1.54. The lowest BCUT2D eigenvalue weighted by Crippen LogP contribution is -2.14. The average molecular weight is 211 g/mol. The monoisotopic (exact) mass is 211 g/mol. The summed E-state index contributed by atoms with van der Waals surface area (Å²) in [5, 5.41) is 0. The minimum absolute atomic E-state index is 0.200. The Morgan fingerprint density at radius 2 is 2.13 bits per heavy atom. The number of ether oxygens (including phenoxy) is 1. The molecule has 0 fully saturated rings. The molecule has 0 spiro atoms. The van der Waals surface area contributed by atoms with Gasteiger partial charge in [-0.3, -0.25) is 0 Å². The van der Waals surface area contributed by atoms with Gasteiger partial charge in [-0.05, 0) is 42.1 Å². The van der Waals surface area contributed by atoms with Gasteiger partial charge in [-0.2, -0.15) is 0 Å². The first-order valence-corrected chi connectivity index (χ1v) is 5.13. The lowest BCUT2D eigenvalue weighted by atomic mass is 9.97. The third-order valence-electron chi connectivity index (χ3n) is 2.44. The highest BCUT2D eigenvalue weighted by molar-refractivity contribution is 5.27. The fourth-order valence-electron chi connectivity index (χ4n) is 1.54. The number of methoxy groups -OCH3 is 1. The molecule has 0 radical (unpaired) electrons. The zero-order valence-electron chi connectivity index (χ0n) is 9.29. The van der Waals surface area contributed by atoms with Crippen molar-refractivity contribution in [3.63, 3.8) is 0 Å². The molecule has 0 aliphatic carbocycles. The van der Waals surface area contributed by atoms with E-state index in [0.29, 0.717) is 19.1 Å². The van der Waals surface area contributed by atoms with E-state index in [0.717, 1.165) is 17.5 Å². The Hall–Kier alpha value is -0.930. The zero-order chi connectivity index (χ0) is 11.3. The van der Waals surface area contributed by atoms with Crippen molar-refractivity contribution < 1.29 is 9.13 Å². The summed E-state index contributed by atoms with van der Waals surface area (Å²) in [6.07, 6.45) is 0.799. The Morgan fingerprint density at radius 3 is 2.73 bits per heavy atom. The van der Waals surface area contributed by atoms with Crippen molar-refractivity contribution in [2.75, 3.05) is 13.7 Å². The Morgan fingerprint density at radius 1 is 1.40 bits per heavy atom. The summed E-state index contributed by atoms with van der Waals surface area (Å²) in [7, 11) is 1.64. The molecule has 0 aromatic heterocycles. The highest BCUT2D eigenvalue weighted by Gasteiger charge is 2.07. The number of hydrogen-bond donors (Lipinski definition) is 1. The third-order valence-corrected chi connectivity index (χ3v) is 2.44. The zero-order valence-corrected chi connectivity index (χ0v) is 9.29. The molecule has 1 aromatic carbocycles. The van der Waals surface area contributed by atoms with E-state index in [2.05, 4.69) is 6.92 Å². The summed E-state index contributed by atoms with van der Waals surface area (Å²) in [6, 6.07) is 4.81. The predicted molar refractivity (Wildman–Crippen MR) is 59.0 cm³/mol. The molecule has 84 valence electrons. The number of benzene rings is 1. The van der Waals surface area contributed by atoms with Gasteiger partial charge in [0.1, 0.15) is 5.82 Å². The minimum Gasteiger partial charge on any atom is -0.380 e. The molecule has 2 nitrogen and oxygen atoms in total. The highest BCUT2D eigenvalue weighted by Crippen LogP contribution is 2.16. The molecule has 1 rings (SSSR count). The molecule has 0 aliphatic heterocycles. The molecular weight excluding hydrogens is 193 g/mol. The molecule has 2 N–H and O–H groups in total. The summed E-state index contributed by atoms with van der Waals surface area (Å²) in [6.45, 7) is 3.19. The first-order valence-electron chi connectivity index (χ1n) is 5.13. The Labute approximate surface area is 90.2 Å². The van der Waals surface area contributed by atoms with Crippen LogP contribution in [-0.4, -0.2) is 13.7 Å². The van der Waals surface area contributed by atoms with Crippen LogP contribution in [0.15, 0.2) is 18.2 Å². The standard InChI is InChI=1S/C12H18FNO/c1-9(7-14)5-11-6-12(13)4-3-10(11)8-15-2/h3-4,6,9H,5,7-8,14H2,1-2H3. The molecule has 3 heteroatoms. The molecule has 15 heavy (non-hydrogen) atoms. The molecule has 0 aliphatic rings. The van der Waals surface area contributed by atoms with Crippen molar-refractivity contribution in [3.05, 3.63) is 35.1 Å². The summed E-state index contributed by atoms with van der Waals surface area (Å²) < 4.78 is 18.1. The van der Waals surface area contributed by atoms with Crippen LogP contribution >= 0.6 is 0 Å². The quantitative estimate of drug-likeness (QED) is 0.809. The maximum atomic E-state index is 13.1. The van der Waals surface area contributed by atoms with E-state index in [4.69, 9.17) is 10.5 Å². The fraction of sp³-hybridized carbons (Fsp3) is 0.500. The molecule has 1 aromatic rings. The van der Waals surface area contributed by atoms with Crippen LogP contribution < -0.4 is 5.73 Å². The van der Waals surface area contributed by atoms with Gasteiger partial charge in [0.25, 0.3) is 0 Å². The molecule has 0 bridgehead atoms. The van der Waals surface area contributed by atoms with Crippen LogP contribution in [0, 0.1) is 11.7 Å². The van der Waals surface area contributed by atoms with Crippen molar-refractivity contribution in [3.8, 4) is 0 Å². The molecule has 1 atom stereocenters. The molecule has 0 saturated heterocycles. The van der Waals surface area contributed by atoms with E-state index in [-0.39, 0.29) is 5.82 Å². The highest BCUT2D eigenvalue weighted by atomic mass is 19.1. The third kappa shape index (κ3) is 3.61. The number of rotatable bonds is 5. The molecule has 0 amide bonds. The van der Waals surface area contributed by atoms with E-state index >= 15 is 0 Å². The number of halogens is 1. The topological polar surface area (TPSA) is 35.2 Å². The van der Waals surface area contributed by atoms with Crippen molar-refractivity contribution in [2.24, 2.45) is 11.7 Å². The van der Waals surface area contributed by atoms with E-state index in [1.54, 1.807) is 19.2 Å². The molecule has 0 heterocycles. The Bertz CT molecular complexity index is 314. The van der Waals surface area contributed by atoms with E-state index in [1.807, 2.05) is 0 Å². The van der Waals surface area contributed by atoms with Gasteiger partial charge in [-0.15, -0.1) is 0 Å². The van der Waals surface area contributed by atoms with E-state index in [1.165, 1.54) is 6.07 Å². The lowest BCUT2D eigenvalue weighted by molar-refractivity contribution is 0.184. The van der Waals surface area contributed by atoms with Gasteiger partial charge in [0.15, 0.2) is 0 Å². The van der Waals surface area contributed by atoms with Crippen LogP contribution in [0.5, 0.6) is 0 Å². The first kappa shape index (κ1) is 12.1. The summed E-state index contributed by atoms with van der Waals surface area (Å²) in [4.78, 5) is 0. The van der Waals surface area contributed by atoms with Crippen LogP contribution in [0.3, 0.4) is 0 Å². The average Bonchev–Trinajstić information content (AvgIpc) is 2.22. The number of hydrogen-bond acceptors (Lipinski definition) is 2. The van der Waals surface area contributed by atoms with Gasteiger partial charge >= 0.3 is 0 Å². The van der Waals surface area contributed by atoms with Crippen LogP contribution in [0.1, 0.15) is 18.1 Å². The second-order valence-electron chi connectivity index (χ2n) is 3.89. The maximum absolute atomic E-state index is 13.1. The lowest BCUT2D eigenvalue weighted by Gasteiger charge is -2.12. The maximum Gasteiger partial charge on any atom is 0.123 e. The van der Waals surface area contributed by atoms with Crippen molar-refractivity contribution in [1.29, 1.82) is 0 Å². The van der Waals surface area contributed by atoms with Crippen molar-refractivity contribution >= 4 is 0 Å². The van der Waals surface area contributed by atoms with Crippen LogP contribution in [0.2, 0.25) is 0 Å². The predicted octanol–water partition coefficient (Wildman–Crippen LogP) is 2.11. The molecule has 1 unspecified atom stereocenters. The van der Waals surface area contributed by atoms with Gasteiger partial charge in [0.2, 0.25) is 0 Å². The molecular formula is C12H18FNO. The minimum atomic E-state index is -0.200. The van der Waals surface area contributed by atoms with Crippen molar-refractivity contribution in [1.82, 2.24) is 0 Å². The van der Waals surface area contributed by atoms with Gasteiger partial charge in [-0.25, -0.2) is 4.39 Å². The Balaban J connectivity index is 2.86. The van der Waals surface area contributed by atoms with Crippen molar-refractivity contribution in [2.45, 2.75) is 20.0 Å². The number of nitrogens with two attached hydrogens (primary N) is 1. The van der Waals surface area contributed by atoms with E-state index in [9.17, 15) is 4.39 Å². The largest absolute Gasteiger partial charge is 0.380 e. The van der Waals surface area contributed by atoms with Crippen LogP contribution in [0.4, 0.5) is 4.39 Å². The second kappa shape index (κ2) is 5.83. The van der Waals surface area contributed by atoms with Crippen LogP contribution in [-0.2, 0) is 17.8 Å². The summed E-state index contributed by atoms with van der Waals surface area (Å²) in [5.74, 6) is 0.163. The van der Waals surface area contributed by atoms with Crippen LogP contribution in [0.25, 0.3) is 0 Å².